The highest BCUT2D eigenvalue weighted by Gasteiger charge is 2.23. The summed E-state index contributed by atoms with van der Waals surface area (Å²) in [5, 5.41) is 8.99. The fourth-order valence-electron chi connectivity index (χ4n) is 2.34. The molecule has 0 bridgehead atoms. The lowest BCUT2D eigenvalue weighted by Gasteiger charge is -2.27. The van der Waals surface area contributed by atoms with E-state index in [4.69, 9.17) is 9.84 Å². The van der Waals surface area contributed by atoms with E-state index in [9.17, 15) is 4.79 Å². The molecule has 1 aromatic carbocycles. The number of hydrogen-bond donors (Lipinski definition) is 1. The molecule has 1 aliphatic rings. The van der Waals surface area contributed by atoms with Crippen molar-refractivity contribution in [2.24, 2.45) is 0 Å². The molecule has 0 spiro atoms. The summed E-state index contributed by atoms with van der Waals surface area (Å²) in [6.07, 6.45) is 1.87. The summed E-state index contributed by atoms with van der Waals surface area (Å²) >= 11 is 0. The second kappa shape index (κ2) is 5.21. The molecule has 0 saturated heterocycles. The van der Waals surface area contributed by atoms with Gasteiger partial charge in [-0.1, -0.05) is 0 Å². The fraction of sp³-hybridized carbons (Fsp3) is 0.533. The molecule has 0 aromatic heterocycles. The molecule has 1 aliphatic heterocycles. The molecule has 104 valence electrons. The minimum Gasteiger partial charge on any atom is -0.478 e. The highest BCUT2D eigenvalue weighted by Crippen LogP contribution is 2.30. The summed E-state index contributed by atoms with van der Waals surface area (Å²) in [5.74, 6) is -0.859. The van der Waals surface area contributed by atoms with E-state index < -0.39 is 5.97 Å². The normalized spacial score (nSPS) is 14.6. The van der Waals surface area contributed by atoms with Crippen molar-refractivity contribution in [3.05, 3.63) is 29.3 Å². The first-order valence-corrected chi connectivity index (χ1v) is 6.59. The van der Waals surface area contributed by atoms with Gasteiger partial charge in [0.1, 0.15) is 0 Å². The van der Waals surface area contributed by atoms with Crippen LogP contribution in [0.3, 0.4) is 0 Å². The number of rotatable bonds is 5. The lowest BCUT2D eigenvalue weighted by Crippen LogP contribution is -2.31. The van der Waals surface area contributed by atoms with Gasteiger partial charge in [0.05, 0.1) is 11.2 Å². The number of methoxy groups -OCH3 is 1. The van der Waals surface area contributed by atoms with Gasteiger partial charge in [-0.05, 0) is 50.5 Å². The van der Waals surface area contributed by atoms with E-state index in [1.807, 2.05) is 6.07 Å². The standard InChI is InChI=1S/C15H21NO3/c1-15(2,19-3)7-9-16-8-6-11-10-12(14(17)18)4-5-13(11)16/h4-5,10H,6-9H2,1-3H3,(H,17,18). The van der Waals surface area contributed by atoms with Crippen molar-refractivity contribution >= 4 is 11.7 Å². The lowest BCUT2D eigenvalue weighted by atomic mass is 10.0. The van der Waals surface area contributed by atoms with E-state index in [1.165, 1.54) is 0 Å². The maximum atomic E-state index is 10.9. The summed E-state index contributed by atoms with van der Waals surface area (Å²) in [7, 11) is 1.73. The van der Waals surface area contributed by atoms with Gasteiger partial charge in [-0.15, -0.1) is 0 Å². The van der Waals surface area contributed by atoms with Crippen LogP contribution < -0.4 is 4.90 Å². The van der Waals surface area contributed by atoms with Crippen LogP contribution in [0.5, 0.6) is 0 Å². The van der Waals surface area contributed by atoms with Gasteiger partial charge in [0.2, 0.25) is 0 Å². The summed E-state index contributed by atoms with van der Waals surface area (Å²) in [5.41, 5.74) is 2.55. The van der Waals surface area contributed by atoms with Crippen molar-refractivity contribution in [2.45, 2.75) is 32.3 Å². The second-order valence-electron chi connectivity index (χ2n) is 5.60. The van der Waals surface area contributed by atoms with Crippen molar-refractivity contribution in [3.8, 4) is 0 Å². The smallest absolute Gasteiger partial charge is 0.335 e. The van der Waals surface area contributed by atoms with Crippen LogP contribution in [0.15, 0.2) is 18.2 Å². The predicted octanol–water partition coefficient (Wildman–Crippen LogP) is 2.56. The Hall–Kier alpha value is -1.55. The average molecular weight is 263 g/mol. The van der Waals surface area contributed by atoms with Crippen LogP contribution in [0, 0.1) is 0 Å². The summed E-state index contributed by atoms with van der Waals surface area (Å²) in [4.78, 5) is 13.3. The third kappa shape index (κ3) is 3.07. The zero-order chi connectivity index (χ0) is 14.0. The van der Waals surface area contributed by atoms with Gasteiger partial charge in [0.25, 0.3) is 0 Å². The van der Waals surface area contributed by atoms with E-state index in [0.717, 1.165) is 37.2 Å². The molecule has 0 amide bonds. The SMILES string of the molecule is COC(C)(C)CCN1CCc2cc(C(=O)O)ccc21. The minimum absolute atomic E-state index is 0.121. The van der Waals surface area contributed by atoms with Crippen LogP contribution in [0.1, 0.15) is 36.2 Å². The molecule has 0 saturated carbocycles. The van der Waals surface area contributed by atoms with E-state index in [2.05, 4.69) is 18.7 Å². The fourth-order valence-corrected chi connectivity index (χ4v) is 2.34. The Morgan fingerprint density at radius 3 is 2.84 bits per heavy atom. The number of aromatic carboxylic acids is 1. The number of nitrogens with zero attached hydrogens (tertiary/aromatic N) is 1. The Balaban J connectivity index is 2.08. The quantitative estimate of drug-likeness (QED) is 0.887. The molecule has 0 aliphatic carbocycles. The first kappa shape index (κ1) is 13.9. The number of carboxylic acid groups (broad SMARTS) is 1. The molecule has 0 atom stereocenters. The average Bonchev–Trinajstić information content (AvgIpc) is 2.78. The number of ether oxygens (including phenoxy) is 1. The molecule has 4 nitrogen and oxygen atoms in total. The molecule has 0 unspecified atom stereocenters. The van der Waals surface area contributed by atoms with Crippen LogP contribution in [0.2, 0.25) is 0 Å². The summed E-state index contributed by atoms with van der Waals surface area (Å²) in [6, 6.07) is 5.39. The number of fused-ring (bicyclic) bond motifs is 1. The van der Waals surface area contributed by atoms with Crippen molar-refractivity contribution < 1.29 is 14.6 Å². The maximum absolute atomic E-state index is 10.9. The van der Waals surface area contributed by atoms with E-state index in [0.29, 0.717) is 5.56 Å². The lowest BCUT2D eigenvalue weighted by molar-refractivity contribution is 0.0173. The van der Waals surface area contributed by atoms with Crippen molar-refractivity contribution in [2.75, 3.05) is 25.1 Å². The molecule has 4 heteroatoms. The molecule has 1 aromatic rings. The van der Waals surface area contributed by atoms with E-state index >= 15 is 0 Å². The molecular weight excluding hydrogens is 242 g/mol. The number of hydrogen-bond acceptors (Lipinski definition) is 3. The molecule has 2 rings (SSSR count). The third-order valence-corrected chi connectivity index (χ3v) is 3.85. The molecule has 0 radical (unpaired) electrons. The van der Waals surface area contributed by atoms with Crippen LogP contribution in [-0.2, 0) is 11.2 Å². The van der Waals surface area contributed by atoms with Crippen molar-refractivity contribution in [3.63, 3.8) is 0 Å². The van der Waals surface area contributed by atoms with E-state index in [-0.39, 0.29) is 5.60 Å². The van der Waals surface area contributed by atoms with Gasteiger partial charge < -0.3 is 14.7 Å². The minimum atomic E-state index is -0.859. The number of carbonyl (C=O) groups is 1. The number of anilines is 1. The molecule has 19 heavy (non-hydrogen) atoms. The molecule has 0 fully saturated rings. The number of benzene rings is 1. The van der Waals surface area contributed by atoms with Gasteiger partial charge >= 0.3 is 5.97 Å². The highest BCUT2D eigenvalue weighted by molar-refractivity contribution is 5.88. The monoisotopic (exact) mass is 263 g/mol. The largest absolute Gasteiger partial charge is 0.478 e. The van der Waals surface area contributed by atoms with Crippen molar-refractivity contribution in [1.29, 1.82) is 0 Å². The Morgan fingerprint density at radius 1 is 1.47 bits per heavy atom. The van der Waals surface area contributed by atoms with Crippen LogP contribution in [0.4, 0.5) is 5.69 Å². The van der Waals surface area contributed by atoms with Gasteiger partial charge in [0, 0.05) is 25.9 Å². The van der Waals surface area contributed by atoms with Crippen LogP contribution in [-0.4, -0.2) is 36.9 Å². The Bertz CT molecular complexity index is 482. The maximum Gasteiger partial charge on any atom is 0.335 e. The zero-order valence-corrected chi connectivity index (χ0v) is 11.8. The van der Waals surface area contributed by atoms with Gasteiger partial charge in [0.15, 0.2) is 0 Å². The zero-order valence-electron chi connectivity index (χ0n) is 11.8. The third-order valence-electron chi connectivity index (χ3n) is 3.85. The second-order valence-corrected chi connectivity index (χ2v) is 5.60. The predicted molar refractivity (Wildman–Crippen MR) is 75.0 cm³/mol. The number of carboxylic acids is 1. The van der Waals surface area contributed by atoms with Crippen LogP contribution in [0.25, 0.3) is 0 Å². The van der Waals surface area contributed by atoms with Gasteiger partial charge in [-0.3, -0.25) is 0 Å². The molecule has 1 heterocycles. The summed E-state index contributed by atoms with van der Waals surface area (Å²) < 4.78 is 5.43. The van der Waals surface area contributed by atoms with Gasteiger partial charge in [-0.25, -0.2) is 4.79 Å². The highest BCUT2D eigenvalue weighted by atomic mass is 16.5. The first-order valence-electron chi connectivity index (χ1n) is 6.59. The van der Waals surface area contributed by atoms with Gasteiger partial charge in [-0.2, -0.15) is 0 Å². The topological polar surface area (TPSA) is 49.8 Å². The first-order chi connectivity index (χ1) is 8.93. The Labute approximate surface area is 114 Å². The molecular formula is C15H21NO3. The van der Waals surface area contributed by atoms with E-state index in [1.54, 1.807) is 19.2 Å². The Morgan fingerprint density at radius 2 is 2.21 bits per heavy atom. The van der Waals surface area contributed by atoms with Crippen LogP contribution >= 0.6 is 0 Å². The van der Waals surface area contributed by atoms with Crippen molar-refractivity contribution in [1.82, 2.24) is 0 Å². The Kier molecular flexibility index (Phi) is 3.80. The summed E-state index contributed by atoms with van der Waals surface area (Å²) in [6.45, 7) is 6.05. The molecule has 1 N–H and O–H groups in total.